The van der Waals surface area contributed by atoms with E-state index in [2.05, 4.69) is 19.2 Å². The zero-order valence-corrected chi connectivity index (χ0v) is 16.7. The van der Waals surface area contributed by atoms with Gasteiger partial charge in [0.05, 0.1) is 5.02 Å². The van der Waals surface area contributed by atoms with Gasteiger partial charge in [0.15, 0.2) is 0 Å². The molecule has 1 unspecified atom stereocenters. The smallest absolute Gasteiger partial charge is 0.251 e. The number of carbonyl (C=O) groups excluding carboxylic acids is 1. The van der Waals surface area contributed by atoms with Crippen molar-refractivity contribution >= 4 is 27.5 Å². The Hall–Kier alpha value is -1.11. The average Bonchev–Trinajstić information content (AvgIpc) is 2.54. The Morgan fingerprint density at radius 3 is 2.76 bits per heavy atom. The van der Waals surface area contributed by atoms with Crippen LogP contribution in [0.1, 0.15) is 50.4 Å². The maximum atomic E-state index is 12.9. The minimum absolute atomic E-state index is 0.0137. The number of nitrogens with one attached hydrogen (secondary N) is 1. The van der Waals surface area contributed by atoms with E-state index in [1.807, 2.05) is 6.92 Å². The van der Waals surface area contributed by atoms with Crippen LogP contribution < -0.4 is 5.32 Å². The maximum Gasteiger partial charge on any atom is 0.251 e. The molecule has 0 bridgehead atoms. The molecular formula is C18H27ClN2O3S. The standard InChI is InChI=1S/C18H27ClN2O3S/c1-13(2)8-9-20-18(22)15-6-7-16(19)17(11-15)25(23,24)21-10-4-5-14(3)12-21/h6-7,11,13-14H,4-5,8-10,12H2,1-3H3,(H,20,22). The van der Waals surface area contributed by atoms with Gasteiger partial charge in [-0.25, -0.2) is 8.42 Å². The lowest BCUT2D eigenvalue weighted by Gasteiger charge is -2.30. The highest BCUT2D eigenvalue weighted by atomic mass is 35.5. The maximum absolute atomic E-state index is 12.9. The van der Waals surface area contributed by atoms with Crippen LogP contribution in [0.3, 0.4) is 0 Å². The quantitative estimate of drug-likeness (QED) is 0.813. The molecule has 0 spiro atoms. The van der Waals surface area contributed by atoms with Gasteiger partial charge in [0, 0.05) is 25.2 Å². The first-order valence-electron chi connectivity index (χ1n) is 8.79. The lowest BCUT2D eigenvalue weighted by atomic mass is 10.0. The van der Waals surface area contributed by atoms with E-state index in [1.165, 1.54) is 16.4 Å². The van der Waals surface area contributed by atoms with E-state index in [-0.39, 0.29) is 15.8 Å². The van der Waals surface area contributed by atoms with E-state index < -0.39 is 10.0 Å². The van der Waals surface area contributed by atoms with Gasteiger partial charge in [0.2, 0.25) is 10.0 Å². The van der Waals surface area contributed by atoms with Gasteiger partial charge in [-0.2, -0.15) is 4.31 Å². The van der Waals surface area contributed by atoms with Crippen molar-refractivity contribution in [2.45, 2.75) is 44.9 Å². The number of hydrogen-bond acceptors (Lipinski definition) is 3. The third kappa shape index (κ3) is 5.19. The second-order valence-electron chi connectivity index (χ2n) is 7.19. The van der Waals surface area contributed by atoms with Gasteiger partial charge in [-0.05, 0) is 49.3 Å². The molecule has 0 aromatic heterocycles. The summed E-state index contributed by atoms with van der Waals surface area (Å²) >= 11 is 6.15. The zero-order chi connectivity index (χ0) is 18.6. The van der Waals surface area contributed by atoms with Crippen molar-refractivity contribution in [1.29, 1.82) is 0 Å². The molecule has 1 heterocycles. The van der Waals surface area contributed by atoms with Crippen LogP contribution in [0.15, 0.2) is 23.1 Å². The summed E-state index contributed by atoms with van der Waals surface area (Å²) in [6, 6.07) is 4.44. The van der Waals surface area contributed by atoms with Gasteiger partial charge in [-0.3, -0.25) is 4.79 Å². The molecule has 1 fully saturated rings. The van der Waals surface area contributed by atoms with Crippen LogP contribution in [0.25, 0.3) is 0 Å². The van der Waals surface area contributed by atoms with Crippen molar-refractivity contribution in [3.63, 3.8) is 0 Å². The minimum Gasteiger partial charge on any atom is -0.352 e. The summed E-state index contributed by atoms with van der Waals surface area (Å²) in [6.07, 6.45) is 2.74. The molecule has 1 amide bonds. The summed E-state index contributed by atoms with van der Waals surface area (Å²) in [6.45, 7) is 7.75. The average molecular weight is 387 g/mol. The summed E-state index contributed by atoms with van der Waals surface area (Å²) in [7, 11) is -3.69. The Morgan fingerprint density at radius 1 is 1.40 bits per heavy atom. The first-order chi connectivity index (χ1) is 11.7. The Balaban J connectivity index is 2.21. The van der Waals surface area contributed by atoms with E-state index in [4.69, 9.17) is 11.6 Å². The molecule has 1 aliphatic heterocycles. The molecule has 1 aromatic rings. The lowest BCUT2D eigenvalue weighted by molar-refractivity contribution is 0.0952. The van der Waals surface area contributed by atoms with Crippen LogP contribution in [0.5, 0.6) is 0 Å². The van der Waals surface area contributed by atoms with Crippen LogP contribution >= 0.6 is 11.6 Å². The summed E-state index contributed by atoms with van der Waals surface area (Å²) in [5.41, 5.74) is 0.316. The molecule has 0 radical (unpaired) electrons. The van der Waals surface area contributed by atoms with Gasteiger partial charge in [-0.15, -0.1) is 0 Å². The third-order valence-corrected chi connectivity index (χ3v) is 6.78. The van der Waals surface area contributed by atoms with Crippen LogP contribution in [-0.2, 0) is 10.0 Å². The molecule has 0 aliphatic carbocycles. The van der Waals surface area contributed by atoms with Gasteiger partial charge < -0.3 is 5.32 Å². The first kappa shape index (κ1) is 20.2. The molecule has 5 nitrogen and oxygen atoms in total. The fourth-order valence-electron chi connectivity index (χ4n) is 2.92. The molecule has 1 aliphatic rings. The van der Waals surface area contributed by atoms with Crippen LogP contribution in [0.4, 0.5) is 0 Å². The Bertz CT molecular complexity index is 719. The zero-order valence-electron chi connectivity index (χ0n) is 15.1. The van der Waals surface area contributed by atoms with E-state index in [0.29, 0.717) is 37.0 Å². The number of benzene rings is 1. The normalized spacial score (nSPS) is 19.2. The van der Waals surface area contributed by atoms with Crippen LogP contribution in [0, 0.1) is 11.8 Å². The lowest BCUT2D eigenvalue weighted by Crippen LogP contribution is -2.39. The van der Waals surface area contributed by atoms with Crippen LogP contribution in [0.2, 0.25) is 5.02 Å². The van der Waals surface area contributed by atoms with Gasteiger partial charge in [0.25, 0.3) is 5.91 Å². The number of piperidine rings is 1. The number of halogens is 1. The molecule has 1 aromatic carbocycles. The van der Waals surface area contributed by atoms with E-state index >= 15 is 0 Å². The number of carbonyl (C=O) groups is 1. The third-order valence-electron chi connectivity index (χ3n) is 4.44. The summed E-state index contributed by atoms with van der Waals surface area (Å²) in [5, 5.41) is 2.97. The van der Waals surface area contributed by atoms with E-state index in [0.717, 1.165) is 19.3 Å². The Morgan fingerprint density at radius 2 is 2.12 bits per heavy atom. The Kier molecular flexibility index (Phi) is 6.88. The second kappa shape index (κ2) is 8.52. The van der Waals surface area contributed by atoms with Crippen LogP contribution in [-0.4, -0.2) is 38.3 Å². The summed E-state index contributed by atoms with van der Waals surface area (Å²) < 4.78 is 27.4. The number of hydrogen-bond donors (Lipinski definition) is 1. The fraction of sp³-hybridized carbons (Fsp3) is 0.611. The highest BCUT2D eigenvalue weighted by molar-refractivity contribution is 7.89. The molecule has 2 rings (SSSR count). The first-order valence-corrected chi connectivity index (χ1v) is 10.6. The number of sulfonamides is 1. The molecule has 25 heavy (non-hydrogen) atoms. The van der Waals surface area contributed by atoms with E-state index in [9.17, 15) is 13.2 Å². The van der Waals surface area contributed by atoms with Crippen molar-refractivity contribution in [3.8, 4) is 0 Å². The fourth-order valence-corrected chi connectivity index (χ4v) is 5.02. The highest BCUT2D eigenvalue weighted by Gasteiger charge is 2.30. The topological polar surface area (TPSA) is 66.5 Å². The predicted octanol–water partition coefficient (Wildman–Crippen LogP) is 3.54. The van der Waals surface area contributed by atoms with Crippen molar-refractivity contribution < 1.29 is 13.2 Å². The molecule has 140 valence electrons. The molecular weight excluding hydrogens is 360 g/mol. The van der Waals surface area contributed by atoms with Crippen molar-refractivity contribution in [1.82, 2.24) is 9.62 Å². The molecule has 0 saturated carbocycles. The molecule has 1 atom stereocenters. The van der Waals surface area contributed by atoms with Crippen molar-refractivity contribution in [3.05, 3.63) is 28.8 Å². The summed E-state index contributed by atoms with van der Waals surface area (Å²) in [4.78, 5) is 12.3. The van der Waals surface area contributed by atoms with Crippen molar-refractivity contribution in [2.75, 3.05) is 19.6 Å². The predicted molar refractivity (Wildman–Crippen MR) is 100 cm³/mol. The molecule has 7 heteroatoms. The molecule has 1 N–H and O–H groups in total. The number of nitrogens with zero attached hydrogens (tertiary/aromatic N) is 1. The number of amides is 1. The second-order valence-corrected chi connectivity index (χ2v) is 9.51. The SMILES string of the molecule is CC(C)CCNC(=O)c1ccc(Cl)c(S(=O)(=O)N2CCCC(C)C2)c1. The van der Waals surface area contributed by atoms with Gasteiger partial charge in [-0.1, -0.05) is 32.4 Å². The van der Waals surface area contributed by atoms with Gasteiger partial charge in [0.1, 0.15) is 4.90 Å². The van der Waals surface area contributed by atoms with Gasteiger partial charge >= 0.3 is 0 Å². The number of rotatable bonds is 6. The minimum atomic E-state index is -3.69. The molecule has 1 saturated heterocycles. The highest BCUT2D eigenvalue weighted by Crippen LogP contribution is 2.29. The van der Waals surface area contributed by atoms with E-state index in [1.54, 1.807) is 6.07 Å². The summed E-state index contributed by atoms with van der Waals surface area (Å²) in [5.74, 6) is 0.535. The Labute approximate surface area is 155 Å². The monoisotopic (exact) mass is 386 g/mol. The largest absolute Gasteiger partial charge is 0.352 e. The van der Waals surface area contributed by atoms with Crippen molar-refractivity contribution in [2.24, 2.45) is 11.8 Å².